The highest BCUT2D eigenvalue weighted by molar-refractivity contribution is 7.89. The summed E-state index contributed by atoms with van der Waals surface area (Å²) in [6.45, 7) is 8.89. The highest BCUT2D eigenvalue weighted by atomic mass is 32.2. The van der Waals surface area contributed by atoms with Crippen molar-refractivity contribution in [1.29, 1.82) is 0 Å². The Hall–Kier alpha value is -2.42. The first-order valence-electron chi connectivity index (χ1n) is 10.6. The predicted molar refractivity (Wildman–Crippen MR) is 123 cm³/mol. The Kier molecular flexibility index (Phi) is 7.69. The number of morpholine rings is 1. The Morgan fingerprint density at radius 1 is 1.03 bits per heavy atom. The largest absolute Gasteiger partial charge is 0.378 e. The van der Waals surface area contributed by atoms with Gasteiger partial charge >= 0.3 is 0 Å². The molecule has 1 amide bonds. The van der Waals surface area contributed by atoms with Crippen LogP contribution in [0, 0.1) is 12.8 Å². The molecule has 7 nitrogen and oxygen atoms in total. The molecule has 2 aromatic rings. The molecule has 3 rings (SSSR count). The summed E-state index contributed by atoms with van der Waals surface area (Å²) in [7, 11) is -3.81. The maximum atomic E-state index is 12.9. The number of carbonyl (C=O) groups excluding carboxylic acids is 1. The molecule has 1 saturated heterocycles. The van der Waals surface area contributed by atoms with E-state index >= 15 is 0 Å². The van der Waals surface area contributed by atoms with Gasteiger partial charge in [-0.25, -0.2) is 8.42 Å². The van der Waals surface area contributed by atoms with Gasteiger partial charge in [-0.2, -0.15) is 4.72 Å². The van der Waals surface area contributed by atoms with Crippen molar-refractivity contribution in [3.05, 3.63) is 54.1 Å². The monoisotopic (exact) mass is 445 g/mol. The van der Waals surface area contributed by atoms with Crippen molar-refractivity contribution < 1.29 is 17.9 Å². The molecule has 0 spiro atoms. The van der Waals surface area contributed by atoms with E-state index in [0.717, 1.165) is 24.3 Å². The van der Waals surface area contributed by atoms with E-state index in [2.05, 4.69) is 14.9 Å². The Labute approximate surface area is 184 Å². The van der Waals surface area contributed by atoms with Crippen LogP contribution in [0.2, 0.25) is 0 Å². The molecule has 0 aromatic heterocycles. The summed E-state index contributed by atoms with van der Waals surface area (Å²) in [5.74, 6) is -0.233. The number of nitrogens with one attached hydrogen (secondary N) is 2. The minimum absolute atomic E-state index is 0.139. The standard InChI is InChI=1S/C23H31N3O4S/c1-17(2)16-22(25-31(28,29)21-10-4-18(3)5-11-21)23(27)24-19-6-8-20(9-7-19)26-12-14-30-15-13-26/h4-11,17,22,25H,12-16H2,1-3H3,(H,24,27)/t22-/m0/s1. The lowest BCUT2D eigenvalue weighted by atomic mass is 10.0. The molecule has 1 heterocycles. The molecule has 31 heavy (non-hydrogen) atoms. The van der Waals surface area contributed by atoms with Crippen molar-refractivity contribution in [2.75, 3.05) is 36.5 Å². The Morgan fingerprint density at radius 3 is 2.23 bits per heavy atom. The van der Waals surface area contributed by atoms with E-state index in [1.165, 1.54) is 0 Å². The molecule has 0 bridgehead atoms. The summed E-state index contributed by atoms with van der Waals surface area (Å²) in [6.07, 6.45) is 0.392. The predicted octanol–water partition coefficient (Wildman–Crippen LogP) is 3.16. The van der Waals surface area contributed by atoms with Gasteiger partial charge in [0.15, 0.2) is 0 Å². The van der Waals surface area contributed by atoms with Crippen LogP contribution in [0.25, 0.3) is 0 Å². The average molecular weight is 446 g/mol. The molecule has 2 N–H and O–H groups in total. The Morgan fingerprint density at radius 2 is 1.65 bits per heavy atom. The van der Waals surface area contributed by atoms with E-state index in [4.69, 9.17) is 4.74 Å². The first-order valence-corrected chi connectivity index (χ1v) is 12.1. The third-order valence-electron chi connectivity index (χ3n) is 5.16. The molecular formula is C23H31N3O4S. The Bertz CT molecular complexity index is 967. The second-order valence-electron chi connectivity index (χ2n) is 8.25. The first-order chi connectivity index (χ1) is 14.7. The minimum Gasteiger partial charge on any atom is -0.378 e. The van der Waals surface area contributed by atoms with E-state index in [9.17, 15) is 13.2 Å². The van der Waals surface area contributed by atoms with Crippen LogP contribution in [0.5, 0.6) is 0 Å². The van der Waals surface area contributed by atoms with Crippen LogP contribution in [0.4, 0.5) is 11.4 Å². The summed E-state index contributed by atoms with van der Waals surface area (Å²) < 4.78 is 33.6. The lowest BCUT2D eigenvalue weighted by Crippen LogP contribution is -2.44. The van der Waals surface area contributed by atoms with Gasteiger partial charge in [0.05, 0.1) is 18.1 Å². The fraction of sp³-hybridized carbons (Fsp3) is 0.435. The molecule has 1 aliphatic rings. The molecule has 0 aliphatic carbocycles. The maximum Gasteiger partial charge on any atom is 0.242 e. The number of sulfonamides is 1. The number of hydrogen-bond donors (Lipinski definition) is 2. The minimum atomic E-state index is -3.81. The number of amides is 1. The third kappa shape index (κ3) is 6.53. The molecule has 168 valence electrons. The summed E-state index contributed by atoms with van der Waals surface area (Å²) in [6, 6.07) is 13.3. The van der Waals surface area contributed by atoms with E-state index in [1.807, 2.05) is 45.0 Å². The van der Waals surface area contributed by atoms with Gasteiger partial charge in [0, 0.05) is 24.5 Å². The number of nitrogens with zero attached hydrogens (tertiary/aromatic N) is 1. The smallest absolute Gasteiger partial charge is 0.242 e. The number of carbonyl (C=O) groups is 1. The lowest BCUT2D eigenvalue weighted by molar-refractivity contribution is -0.118. The molecule has 1 fully saturated rings. The molecule has 1 aliphatic heterocycles. The van der Waals surface area contributed by atoms with Crippen molar-refractivity contribution in [2.45, 2.75) is 38.1 Å². The van der Waals surface area contributed by atoms with Gasteiger partial charge in [-0.05, 0) is 55.7 Å². The Balaban J connectivity index is 1.70. The quantitative estimate of drug-likeness (QED) is 0.652. The summed E-state index contributed by atoms with van der Waals surface area (Å²) in [4.78, 5) is 15.3. The zero-order chi connectivity index (χ0) is 22.4. The van der Waals surface area contributed by atoms with Gasteiger partial charge < -0.3 is 15.0 Å². The molecule has 8 heteroatoms. The van der Waals surface area contributed by atoms with Crippen LogP contribution in [-0.4, -0.2) is 46.7 Å². The van der Waals surface area contributed by atoms with Gasteiger partial charge in [0.1, 0.15) is 6.04 Å². The second-order valence-corrected chi connectivity index (χ2v) is 9.97. The highest BCUT2D eigenvalue weighted by Gasteiger charge is 2.26. The van der Waals surface area contributed by atoms with Crippen molar-refractivity contribution in [1.82, 2.24) is 4.72 Å². The molecule has 0 unspecified atom stereocenters. The third-order valence-corrected chi connectivity index (χ3v) is 6.65. The fourth-order valence-corrected chi connectivity index (χ4v) is 4.67. The van der Waals surface area contributed by atoms with Gasteiger partial charge in [0.2, 0.25) is 15.9 Å². The van der Waals surface area contributed by atoms with Crippen LogP contribution >= 0.6 is 0 Å². The topological polar surface area (TPSA) is 87.7 Å². The van der Waals surface area contributed by atoms with Crippen molar-refractivity contribution in [2.24, 2.45) is 5.92 Å². The molecule has 0 radical (unpaired) electrons. The summed E-state index contributed by atoms with van der Waals surface area (Å²) in [5, 5.41) is 2.85. The van der Waals surface area contributed by atoms with Crippen LogP contribution < -0.4 is 14.9 Å². The highest BCUT2D eigenvalue weighted by Crippen LogP contribution is 2.20. The SMILES string of the molecule is Cc1ccc(S(=O)(=O)N[C@@H](CC(C)C)C(=O)Nc2ccc(N3CCOCC3)cc2)cc1. The number of aryl methyl sites for hydroxylation is 1. The van der Waals surface area contributed by atoms with Gasteiger partial charge in [-0.3, -0.25) is 4.79 Å². The van der Waals surface area contributed by atoms with Crippen molar-refractivity contribution >= 4 is 27.3 Å². The zero-order valence-corrected chi connectivity index (χ0v) is 19.1. The van der Waals surface area contributed by atoms with E-state index in [-0.39, 0.29) is 16.7 Å². The van der Waals surface area contributed by atoms with E-state index in [1.54, 1.807) is 24.3 Å². The number of anilines is 2. The molecular weight excluding hydrogens is 414 g/mol. The number of rotatable bonds is 8. The summed E-state index contributed by atoms with van der Waals surface area (Å²) >= 11 is 0. The maximum absolute atomic E-state index is 12.9. The average Bonchev–Trinajstić information content (AvgIpc) is 2.74. The van der Waals surface area contributed by atoms with Crippen molar-refractivity contribution in [3.8, 4) is 0 Å². The normalized spacial score (nSPS) is 15.7. The molecule has 2 aromatic carbocycles. The van der Waals surface area contributed by atoms with Crippen LogP contribution in [0.15, 0.2) is 53.4 Å². The van der Waals surface area contributed by atoms with Crippen LogP contribution in [-0.2, 0) is 19.6 Å². The van der Waals surface area contributed by atoms with E-state index < -0.39 is 16.1 Å². The fourth-order valence-electron chi connectivity index (χ4n) is 3.46. The van der Waals surface area contributed by atoms with E-state index in [0.29, 0.717) is 25.3 Å². The zero-order valence-electron chi connectivity index (χ0n) is 18.3. The number of hydrogen-bond acceptors (Lipinski definition) is 5. The molecule has 0 saturated carbocycles. The summed E-state index contributed by atoms with van der Waals surface area (Å²) in [5.41, 5.74) is 2.67. The van der Waals surface area contributed by atoms with Crippen molar-refractivity contribution in [3.63, 3.8) is 0 Å². The van der Waals surface area contributed by atoms with Gasteiger partial charge in [0.25, 0.3) is 0 Å². The van der Waals surface area contributed by atoms with Gasteiger partial charge in [-0.1, -0.05) is 31.5 Å². The van der Waals surface area contributed by atoms with Crippen LogP contribution in [0.3, 0.4) is 0 Å². The number of ether oxygens (including phenoxy) is 1. The molecule has 1 atom stereocenters. The number of benzene rings is 2. The van der Waals surface area contributed by atoms with Crippen LogP contribution in [0.1, 0.15) is 25.8 Å². The lowest BCUT2D eigenvalue weighted by Gasteiger charge is -2.29. The first kappa shape index (κ1) is 23.2. The van der Waals surface area contributed by atoms with Gasteiger partial charge in [-0.15, -0.1) is 0 Å². The second kappa shape index (κ2) is 10.3.